The maximum absolute atomic E-state index is 11.7. The Bertz CT molecular complexity index is 196. The van der Waals surface area contributed by atoms with Crippen LogP contribution in [0.4, 0.5) is 0 Å². The highest BCUT2D eigenvalue weighted by atomic mass is 16.2. The van der Waals surface area contributed by atoms with Crippen LogP contribution in [0.1, 0.15) is 13.8 Å². The quantitative estimate of drug-likeness (QED) is 0.681. The molecular formula is C10H21N3O. The first-order chi connectivity index (χ1) is 6.65. The van der Waals surface area contributed by atoms with Crippen LogP contribution in [0.15, 0.2) is 0 Å². The Balaban J connectivity index is 2.38. The smallest absolute Gasteiger partial charge is 0.236 e. The molecule has 1 rings (SSSR count). The minimum absolute atomic E-state index is 0.223. The number of nitrogens with zero attached hydrogens (tertiary/aromatic N) is 2. The monoisotopic (exact) mass is 199 g/mol. The highest BCUT2D eigenvalue weighted by Crippen LogP contribution is 2.02. The van der Waals surface area contributed by atoms with E-state index >= 15 is 0 Å². The molecule has 1 aliphatic rings. The average Bonchev–Trinajstić information content (AvgIpc) is 2.20. The number of likely N-dealkylation sites (N-methyl/N-ethyl adjacent to an activating group) is 1. The third kappa shape index (κ3) is 2.96. The van der Waals surface area contributed by atoms with Gasteiger partial charge in [0.15, 0.2) is 0 Å². The summed E-state index contributed by atoms with van der Waals surface area (Å²) in [5.74, 6) is 0.223. The van der Waals surface area contributed by atoms with Crippen LogP contribution in [0.5, 0.6) is 0 Å². The van der Waals surface area contributed by atoms with Gasteiger partial charge in [0.05, 0.1) is 6.54 Å². The third-order valence-corrected chi connectivity index (χ3v) is 2.88. The third-order valence-electron chi connectivity index (χ3n) is 2.88. The van der Waals surface area contributed by atoms with Gasteiger partial charge in [0.2, 0.25) is 5.91 Å². The Morgan fingerprint density at radius 2 is 2.36 bits per heavy atom. The zero-order valence-electron chi connectivity index (χ0n) is 9.42. The molecule has 0 aromatic carbocycles. The lowest BCUT2D eigenvalue weighted by Gasteiger charge is -2.34. The normalized spacial score (nSPS) is 23.5. The molecule has 4 nitrogen and oxygen atoms in total. The van der Waals surface area contributed by atoms with Gasteiger partial charge in [-0.3, -0.25) is 9.69 Å². The fourth-order valence-electron chi connectivity index (χ4n) is 1.59. The number of rotatable bonds is 3. The summed E-state index contributed by atoms with van der Waals surface area (Å²) in [6.45, 7) is 8.47. The molecule has 0 bridgehead atoms. The number of hydrogen-bond donors (Lipinski definition) is 1. The van der Waals surface area contributed by atoms with E-state index in [1.807, 2.05) is 14.0 Å². The van der Waals surface area contributed by atoms with Crippen molar-refractivity contribution in [2.45, 2.75) is 19.9 Å². The molecule has 0 aliphatic carbocycles. The van der Waals surface area contributed by atoms with Crippen molar-refractivity contribution in [1.82, 2.24) is 15.1 Å². The largest absolute Gasteiger partial charge is 0.345 e. The Hall–Kier alpha value is -0.610. The topological polar surface area (TPSA) is 35.6 Å². The summed E-state index contributed by atoms with van der Waals surface area (Å²) in [5.41, 5.74) is 0. The summed E-state index contributed by atoms with van der Waals surface area (Å²) in [6.07, 6.45) is 0. The van der Waals surface area contributed by atoms with E-state index in [0.717, 1.165) is 26.2 Å². The van der Waals surface area contributed by atoms with Crippen molar-refractivity contribution in [3.8, 4) is 0 Å². The van der Waals surface area contributed by atoms with Crippen molar-refractivity contribution in [1.29, 1.82) is 0 Å². The predicted octanol–water partition coefficient (Wildman–Crippen LogP) is -0.242. The van der Waals surface area contributed by atoms with Crippen molar-refractivity contribution < 1.29 is 4.79 Å². The van der Waals surface area contributed by atoms with Gasteiger partial charge in [-0.15, -0.1) is 0 Å². The summed E-state index contributed by atoms with van der Waals surface area (Å²) in [7, 11) is 1.86. The van der Waals surface area contributed by atoms with Gasteiger partial charge in [-0.05, 0) is 13.8 Å². The molecule has 82 valence electrons. The van der Waals surface area contributed by atoms with Crippen LogP contribution in [-0.4, -0.2) is 61.5 Å². The van der Waals surface area contributed by atoms with Gasteiger partial charge in [-0.2, -0.15) is 0 Å². The fourth-order valence-corrected chi connectivity index (χ4v) is 1.59. The summed E-state index contributed by atoms with van der Waals surface area (Å²) < 4.78 is 0. The lowest BCUT2D eigenvalue weighted by molar-refractivity contribution is -0.131. The highest BCUT2D eigenvalue weighted by molar-refractivity contribution is 5.77. The Kier molecular flexibility index (Phi) is 4.35. The van der Waals surface area contributed by atoms with E-state index in [4.69, 9.17) is 0 Å². The van der Waals surface area contributed by atoms with E-state index in [1.165, 1.54) is 0 Å². The number of carbonyl (C=O) groups excluding carboxylic acids is 1. The van der Waals surface area contributed by atoms with E-state index in [1.54, 1.807) is 4.90 Å². The molecule has 14 heavy (non-hydrogen) atoms. The summed E-state index contributed by atoms with van der Waals surface area (Å²) in [5, 5.41) is 3.31. The molecule has 0 aromatic heterocycles. The van der Waals surface area contributed by atoms with Gasteiger partial charge >= 0.3 is 0 Å². The molecule has 0 saturated carbocycles. The lowest BCUT2D eigenvalue weighted by atomic mass is 10.2. The molecule has 0 radical (unpaired) electrons. The van der Waals surface area contributed by atoms with Crippen LogP contribution in [-0.2, 0) is 4.79 Å². The van der Waals surface area contributed by atoms with Crippen LogP contribution >= 0.6 is 0 Å². The van der Waals surface area contributed by atoms with E-state index in [9.17, 15) is 4.79 Å². The molecule has 1 saturated heterocycles. The molecule has 1 aliphatic heterocycles. The van der Waals surface area contributed by atoms with Gasteiger partial charge in [-0.25, -0.2) is 0 Å². The van der Waals surface area contributed by atoms with Crippen molar-refractivity contribution in [3.63, 3.8) is 0 Å². The molecule has 1 fully saturated rings. The molecule has 0 aromatic rings. The second kappa shape index (κ2) is 5.32. The van der Waals surface area contributed by atoms with E-state index in [0.29, 0.717) is 12.6 Å². The first-order valence-electron chi connectivity index (χ1n) is 5.34. The van der Waals surface area contributed by atoms with Crippen LogP contribution in [0.2, 0.25) is 0 Å². The molecule has 4 heteroatoms. The Morgan fingerprint density at radius 3 is 2.93 bits per heavy atom. The predicted molar refractivity (Wildman–Crippen MR) is 57.2 cm³/mol. The second-order valence-corrected chi connectivity index (χ2v) is 3.93. The second-order valence-electron chi connectivity index (χ2n) is 3.93. The Labute approximate surface area is 86.2 Å². The first-order valence-corrected chi connectivity index (χ1v) is 5.34. The zero-order valence-corrected chi connectivity index (χ0v) is 9.42. The first kappa shape index (κ1) is 11.5. The van der Waals surface area contributed by atoms with E-state index in [-0.39, 0.29) is 5.91 Å². The van der Waals surface area contributed by atoms with Gasteiger partial charge in [0.1, 0.15) is 0 Å². The van der Waals surface area contributed by atoms with Crippen molar-refractivity contribution in [3.05, 3.63) is 0 Å². The average molecular weight is 199 g/mol. The molecule has 1 heterocycles. The van der Waals surface area contributed by atoms with Gasteiger partial charge in [0.25, 0.3) is 0 Å². The molecular weight excluding hydrogens is 178 g/mol. The summed E-state index contributed by atoms with van der Waals surface area (Å²) >= 11 is 0. The zero-order chi connectivity index (χ0) is 10.6. The number of carbonyl (C=O) groups is 1. The number of nitrogens with one attached hydrogen (secondary N) is 1. The van der Waals surface area contributed by atoms with Crippen LogP contribution in [0, 0.1) is 0 Å². The number of hydrogen-bond acceptors (Lipinski definition) is 3. The van der Waals surface area contributed by atoms with Gasteiger partial charge in [0, 0.05) is 39.3 Å². The van der Waals surface area contributed by atoms with Crippen molar-refractivity contribution in [2.75, 3.05) is 39.8 Å². The maximum Gasteiger partial charge on any atom is 0.236 e. The van der Waals surface area contributed by atoms with Crippen LogP contribution in [0.3, 0.4) is 0 Å². The fraction of sp³-hybridized carbons (Fsp3) is 0.900. The van der Waals surface area contributed by atoms with Gasteiger partial charge < -0.3 is 10.2 Å². The minimum atomic E-state index is 0.223. The van der Waals surface area contributed by atoms with Gasteiger partial charge in [-0.1, -0.05) is 0 Å². The highest BCUT2D eigenvalue weighted by Gasteiger charge is 2.21. The molecule has 0 spiro atoms. The van der Waals surface area contributed by atoms with Crippen molar-refractivity contribution >= 4 is 5.91 Å². The summed E-state index contributed by atoms with van der Waals surface area (Å²) in [6, 6.07) is 0.470. The maximum atomic E-state index is 11.7. The molecule has 0 unspecified atom stereocenters. The standard InChI is InChI=1S/C10H21N3O/c1-4-12(3)10(14)8-13-6-5-11-7-9(13)2/h9,11H,4-8H2,1-3H3/t9-/m1/s1. The number of amides is 1. The van der Waals surface area contributed by atoms with E-state index in [2.05, 4.69) is 17.1 Å². The van der Waals surface area contributed by atoms with Crippen LogP contribution in [0.25, 0.3) is 0 Å². The number of piperazine rings is 1. The molecule has 1 N–H and O–H groups in total. The summed E-state index contributed by atoms with van der Waals surface area (Å²) in [4.78, 5) is 15.7. The Morgan fingerprint density at radius 1 is 1.64 bits per heavy atom. The molecule has 1 amide bonds. The molecule has 1 atom stereocenters. The SMILES string of the molecule is CCN(C)C(=O)CN1CCNC[C@H]1C. The van der Waals surface area contributed by atoms with Crippen molar-refractivity contribution in [2.24, 2.45) is 0 Å². The van der Waals surface area contributed by atoms with E-state index < -0.39 is 0 Å². The lowest BCUT2D eigenvalue weighted by Crippen LogP contribution is -2.52. The van der Waals surface area contributed by atoms with Crippen LogP contribution < -0.4 is 5.32 Å². The minimum Gasteiger partial charge on any atom is -0.345 e.